The van der Waals surface area contributed by atoms with Crippen LogP contribution in [0.15, 0.2) is 24.3 Å². The summed E-state index contributed by atoms with van der Waals surface area (Å²) in [5.74, 6) is -1.10. The van der Waals surface area contributed by atoms with Gasteiger partial charge in [-0.05, 0) is 37.8 Å². The third kappa shape index (κ3) is 6.06. The van der Waals surface area contributed by atoms with Gasteiger partial charge in [-0.3, -0.25) is 19.7 Å². The highest BCUT2D eigenvalue weighted by molar-refractivity contribution is 5.95. The van der Waals surface area contributed by atoms with E-state index in [9.17, 15) is 14.4 Å². The second kappa shape index (κ2) is 10.1. The molecule has 7 heteroatoms. The van der Waals surface area contributed by atoms with Crippen molar-refractivity contribution < 1.29 is 19.5 Å². The summed E-state index contributed by atoms with van der Waals surface area (Å²) in [6, 6.07) is 6.82. The summed E-state index contributed by atoms with van der Waals surface area (Å²) < 4.78 is 0. The van der Waals surface area contributed by atoms with E-state index < -0.39 is 12.0 Å². The average molecular weight is 375 g/mol. The minimum atomic E-state index is -0.928. The van der Waals surface area contributed by atoms with Gasteiger partial charge in [0.15, 0.2) is 0 Å². The van der Waals surface area contributed by atoms with Crippen molar-refractivity contribution in [1.82, 2.24) is 15.5 Å². The monoisotopic (exact) mass is 375 g/mol. The molecule has 27 heavy (non-hydrogen) atoms. The molecule has 148 valence electrons. The van der Waals surface area contributed by atoms with Gasteiger partial charge in [0, 0.05) is 24.7 Å². The zero-order chi connectivity index (χ0) is 19.8. The van der Waals surface area contributed by atoms with E-state index in [1.165, 1.54) is 0 Å². The molecule has 3 N–H and O–H groups in total. The number of carbonyl (C=O) groups is 3. The third-order valence-corrected chi connectivity index (χ3v) is 4.95. The van der Waals surface area contributed by atoms with Crippen LogP contribution in [0.2, 0.25) is 0 Å². The smallest absolute Gasteiger partial charge is 0.320 e. The quantitative estimate of drug-likeness (QED) is 0.640. The van der Waals surface area contributed by atoms with Crippen molar-refractivity contribution in [3.8, 4) is 0 Å². The Balaban J connectivity index is 1.77. The number of aryl methyl sites for hydroxylation is 1. The van der Waals surface area contributed by atoms with Crippen LogP contribution in [-0.2, 0) is 9.59 Å². The van der Waals surface area contributed by atoms with Gasteiger partial charge in [-0.25, -0.2) is 0 Å². The number of amides is 2. The summed E-state index contributed by atoms with van der Waals surface area (Å²) >= 11 is 0. The molecule has 0 aliphatic carbocycles. The average Bonchev–Trinajstić information content (AvgIpc) is 2.65. The zero-order valence-electron chi connectivity index (χ0n) is 16.0. The number of hydrogen-bond acceptors (Lipinski definition) is 4. The molecule has 1 aliphatic heterocycles. The maximum absolute atomic E-state index is 12.4. The summed E-state index contributed by atoms with van der Waals surface area (Å²) in [6.07, 6.45) is 2.63. The van der Waals surface area contributed by atoms with E-state index in [0.717, 1.165) is 12.0 Å². The number of benzene rings is 1. The first-order valence-electron chi connectivity index (χ1n) is 9.52. The predicted octanol–water partition coefficient (Wildman–Crippen LogP) is 1.56. The van der Waals surface area contributed by atoms with Crippen molar-refractivity contribution in [2.24, 2.45) is 0 Å². The summed E-state index contributed by atoms with van der Waals surface area (Å²) in [6.45, 7) is 4.97. The van der Waals surface area contributed by atoms with E-state index in [1.54, 1.807) is 4.90 Å². The highest BCUT2D eigenvalue weighted by Crippen LogP contribution is 2.13. The lowest BCUT2D eigenvalue weighted by Crippen LogP contribution is -2.50. The number of rotatable bonds is 8. The number of hydrogen-bond donors (Lipinski definition) is 3. The minimum absolute atomic E-state index is 0.0250. The first-order chi connectivity index (χ1) is 12.9. The van der Waals surface area contributed by atoms with Crippen LogP contribution in [0.4, 0.5) is 0 Å². The Labute approximate surface area is 160 Å². The lowest BCUT2D eigenvalue weighted by atomic mass is 10.0. The number of carboxylic acid groups (broad SMARTS) is 1. The van der Waals surface area contributed by atoms with Crippen LogP contribution in [0.25, 0.3) is 0 Å². The van der Waals surface area contributed by atoms with Crippen molar-refractivity contribution in [2.75, 3.05) is 19.6 Å². The van der Waals surface area contributed by atoms with E-state index in [2.05, 4.69) is 10.6 Å². The summed E-state index contributed by atoms with van der Waals surface area (Å²) in [5, 5.41) is 15.0. The Kier molecular flexibility index (Phi) is 7.79. The highest BCUT2D eigenvalue weighted by Gasteiger charge is 2.25. The second-order valence-electron chi connectivity index (χ2n) is 7.00. The number of nitrogens with one attached hydrogen (secondary N) is 2. The molecule has 0 bridgehead atoms. The van der Waals surface area contributed by atoms with Crippen molar-refractivity contribution >= 4 is 17.8 Å². The van der Waals surface area contributed by atoms with E-state index in [0.29, 0.717) is 37.9 Å². The Morgan fingerprint density at radius 2 is 1.89 bits per heavy atom. The molecule has 0 spiro atoms. The molecule has 2 rings (SSSR count). The normalized spacial score (nSPS) is 16.0. The molecule has 1 unspecified atom stereocenters. The molecule has 2 amide bonds. The fraction of sp³-hybridized carbons (Fsp3) is 0.550. The van der Waals surface area contributed by atoms with Gasteiger partial charge >= 0.3 is 5.97 Å². The minimum Gasteiger partial charge on any atom is -0.480 e. The predicted molar refractivity (Wildman–Crippen MR) is 103 cm³/mol. The molecule has 1 aliphatic rings. The molecule has 1 atom stereocenters. The van der Waals surface area contributed by atoms with Gasteiger partial charge in [0.25, 0.3) is 5.91 Å². The molecule has 1 saturated heterocycles. The van der Waals surface area contributed by atoms with Crippen LogP contribution < -0.4 is 10.6 Å². The van der Waals surface area contributed by atoms with Crippen molar-refractivity contribution in [3.05, 3.63) is 35.4 Å². The van der Waals surface area contributed by atoms with E-state index >= 15 is 0 Å². The maximum atomic E-state index is 12.4. The van der Waals surface area contributed by atoms with E-state index in [4.69, 9.17) is 5.11 Å². The Morgan fingerprint density at radius 1 is 1.22 bits per heavy atom. The zero-order valence-corrected chi connectivity index (χ0v) is 16.0. The Bertz CT molecular complexity index is 669. The lowest BCUT2D eigenvalue weighted by Gasteiger charge is -2.33. The van der Waals surface area contributed by atoms with Gasteiger partial charge < -0.3 is 15.3 Å². The van der Waals surface area contributed by atoms with E-state index in [-0.39, 0.29) is 24.4 Å². The van der Waals surface area contributed by atoms with E-state index in [1.807, 2.05) is 38.1 Å². The number of carbonyl (C=O) groups excluding carboxylic acids is 2. The van der Waals surface area contributed by atoms with Gasteiger partial charge in [0.05, 0.1) is 6.54 Å². The van der Waals surface area contributed by atoms with Gasteiger partial charge in [-0.2, -0.15) is 0 Å². The van der Waals surface area contributed by atoms with Crippen molar-refractivity contribution in [3.63, 3.8) is 0 Å². The van der Waals surface area contributed by atoms with Gasteiger partial charge in [0.1, 0.15) is 6.04 Å². The van der Waals surface area contributed by atoms with Crippen LogP contribution in [0.3, 0.4) is 0 Å². The van der Waals surface area contributed by atoms with Crippen LogP contribution >= 0.6 is 0 Å². The SMILES string of the molecule is CCCC(NCC(=O)N1CCC(NC(=O)c2ccccc2C)CC1)C(=O)O. The third-order valence-electron chi connectivity index (χ3n) is 4.95. The fourth-order valence-electron chi connectivity index (χ4n) is 3.29. The van der Waals surface area contributed by atoms with Crippen LogP contribution in [0, 0.1) is 6.92 Å². The molecule has 1 aromatic carbocycles. The first-order valence-corrected chi connectivity index (χ1v) is 9.52. The summed E-state index contributed by atoms with van der Waals surface area (Å²) in [7, 11) is 0. The molecule has 1 fully saturated rings. The number of aliphatic carboxylic acids is 1. The number of carboxylic acids is 1. The number of likely N-dealkylation sites (tertiary alicyclic amines) is 1. The summed E-state index contributed by atoms with van der Waals surface area (Å²) in [5.41, 5.74) is 1.62. The van der Waals surface area contributed by atoms with Crippen LogP contribution in [0.5, 0.6) is 0 Å². The molecule has 1 aromatic rings. The van der Waals surface area contributed by atoms with Crippen LogP contribution in [0.1, 0.15) is 48.5 Å². The maximum Gasteiger partial charge on any atom is 0.320 e. The summed E-state index contributed by atoms with van der Waals surface area (Å²) in [4.78, 5) is 37.6. The highest BCUT2D eigenvalue weighted by atomic mass is 16.4. The lowest BCUT2D eigenvalue weighted by molar-refractivity contribution is -0.140. The molecule has 7 nitrogen and oxygen atoms in total. The van der Waals surface area contributed by atoms with Gasteiger partial charge in [-0.15, -0.1) is 0 Å². The molecule has 0 aromatic heterocycles. The largest absolute Gasteiger partial charge is 0.480 e. The fourth-order valence-corrected chi connectivity index (χ4v) is 3.29. The number of nitrogens with zero attached hydrogens (tertiary/aromatic N) is 1. The van der Waals surface area contributed by atoms with Crippen molar-refractivity contribution in [2.45, 2.75) is 51.6 Å². The Hall–Kier alpha value is -2.41. The van der Waals surface area contributed by atoms with Crippen LogP contribution in [-0.4, -0.2) is 59.5 Å². The molecule has 0 saturated carbocycles. The van der Waals surface area contributed by atoms with Gasteiger partial charge in [0.2, 0.25) is 5.91 Å². The first kappa shape index (κ1) is 20.9. The standard InChI is InChI=1S/C20H29N3O4/c1-3-6-17(20(26)27)21-13-18(24)23-11-9-15(10-12-23)22-19(25)16-8-5-4-7-14(16)2/h4-5,7-8,15,17,21H,3,6,9-13H2,1-2H3,(H,22,25)(H,26,27). The molecular weight excluding hydrogens is 346 g/mol. The molecule has 1 heterocycles. The van der Waals surface area contributed by atoms with Gasteiger partial charge in [-0.1, -0.05) is 31.5 Å². The topological polar surface area (TPSA) is 98.7 Å². The van der Waals surface area contributed by atoms with Crippen molar-refractivity contribution in [1.29, 1.82) is 0 Å². The molecule has 0 radical (unpaired) electrons. The second-order valence-corrected chi connectivity index (χ2v) is 7.00. The Morgan fingerprint density at radius 3 is 2.48 bits per heavy atom. The number of piperidine rings is 1. The molecular formula is C20H29N3O4.